The Kier molecular flexibility index (Phi) is 5.53. The van der Waals surface area contributed by atoms with Gasteiger partial charge in [-0.2, -0.15) is 0 Å². The molecule has 2 aromatic carbocycles. The van der Waals surface area contributed by atoms with Crippen molar-refractivity contribution < 1.29 is 22.3 Å². The molecule has 2 aromatic rings. The van der Waals surface area contributed by atoms with E-state index in [9.17, 15) is 17.6 Å². The molecule has 0 unspecified atom stereocenters. The molecule has 1 aliphatic rings. The summed E-state index contributed by atoms with van der Waals surface area (Å²) in [6.45, 7) is -0.0887. The molecule has 2 N–H and O–H groups in total. The fraction of sp³-hybridized carbons (Fsp3) is 0.278. The number of para-hydroxylation sites is 1. The van der Waals surface area contributed by atoms with Crippen molar-refractivity contribution in [2.75, 3.05) is 6.61 Å². The van der Waals surface area contributed by atoms with Gasteiger partial charge in [0.1, 0.15) is 0 Å². The van der Waals surface area contributed by atoms with Crippen LogP contribution in [0, 0.1) is 5.82 Å². The van der Waals surface area contributed by atoms with E-state index in [1.807, 2.05) is 0 Å². The van der Waals surface area contributed by atoms with Crippen molar-refractivity contribution in [1.82, 2.24) is 10.0 Å². The molecule has 138 valence electrons. The maximum atomic E-state index is 13.4. The lowest BCUT2D eigenvalue weighted by Crippen LogP contribution is -2.28. The van der Waals surface area contributed by atoms with Crippen molar-refractivity contribution in [3.05, 3.63) is 59.9 Å². The van der Waals surface area contributed by atoms with Crippen molar-refractivity contribution in [1.29, 1.82) is 0 Å². The minimum atomic E-state index is -3.48. The smallest absolute Gasteiger partial charge is 0.258 e. The molecular weight excluding hydrogens is 359 g/mol. The number of carbonyl (C=O) groups excluding carboxylic acids is 1. The van der Waals surface area contributed by atoms with Gasteiger partial charge in [0.05, 0.1) is 4.90 Å². The molecule has 0 atom stereocenters. The molecule has 0 radical (unpaired) electrons. The summed E-state index contributed by atoms with van der Waals surface area (Å²) in [6.07, 6.45) is 1.75. The first-order valence-electron chi connectivity index (χ1n) is 8.19. The van der Waals surface area contributed by atoms with Crippen LogP contribution in [0.5, 0.6) is 5.75 Å². The second-order valence-corrected chi connectivity index (χ2v) is 7.75. The van der Waals surface area contributed by atoms with Gasteiger partial charge in [-0.25, -0.2) is 17.5 Å². The molecule has 1 aliphatic carbocycles. The highest BCUT2D eigenvalue weighted by atomic mass is 32.2. The molecule has 0 heterocycles. The normalized spacial score (nSPS) is 14.0. The van der Waals surface area contributed by atoms with Crippen LogP contribution in [-0.2, 0) is 21.4 Å². The summed E-state index contributed by atoms with van der Waals surface area (Å²) in [5.41, 5.74) is 0.745. The first kappa shape index (κ1) is 18.3. The Hall–Kier alpha value is -2.45. The SMILES string of the molecule is O=C(COc1ccccc1F)NCc1ccc(S(=O)(=O)NC2CC2)cc1. The van der Waals surface area contributed by atoms with Gasteiger partial charge in [-0.05, 0) is 42.7 Å². The van der Waals surface area contributed by atoms with Crippen LogP contribution in [0.2, 0.25) is 0 Å². The highest BCUT2D eigenvalue weighted by Crippen LogP contribution is 2.22. The van der Waals surface area contributed by atoms with Crippen LogP contribution >= 0.6 is 0 Å². The number of hydrogen-bond donors (Lipinski definition) is 2. The van der Waals surface area contributed by atoms with Crippen LogP contribution in [0.3, 0.4) is 0 Å². The van der Waals surface area contributed by atoms with Crippen LogP contribution in [0.15, 0.2) is 53.4 Å². The third-order valence-electron chi connectivity index (χ3n) is 3.82. The standard InChI is InChI=1S/C18H19FN2O4S/c19-16-3-1-2-4-17(16)25-12-18(22)20-11-13-5-9-15(10-6-13)26(23,24)21-14-7-8-14/h1-6,9-10,14,21H,7-8,11-12H2,(H,20,22). The van der Waals surface area contributed by atoms with E-state index in [0.717, 1.165) is 18.4 Å². The van der Waals surface area contributed by atoms with Gasteiger partial charge in [-0.1, -0.05) is 24.3 Å². The van der Waals surface area contributed by atoms with E-state index in [0.29, 0.717) is 0 Å². The van der Waals surface area contributed by atoms with E-state index in [1.165, 1.54) is 30.3 Å². The Balaban J connectivity index is 1.48. The Bertz CT molecular complexity index is 880. The van der Waals surface area contributed by atoms with E-state index in [4.69, 9.17) is 4.74 Å². The fourth-order valence-electron chi connectivity index (χ4n) is 2.23. The van der Waals surface area contributed by atoms with Gasteiger partial charge in [-0.15, -0.1) is 0 Å². The minimum Gasteiger partial charge on any atom is -0.481 e. The molecular formula is C18H19FN2O4S. The van der Waals surface area contributed by atoms with Crippen LogP contribution in [0.25, 0.3) is 0 Å². The zero-order valence-corrected chi connectivity index (χ0v) is 14.8. The molecule has 3 rings (SSSR count). The maximum Gasteiger partial charge on any atom is 0.258 e. The molecule has 0 aliphatic heterocycles. The molecule has 1 amide bonds. The zero-order chi connectivity index (χ0) is 18.6. The van der Waals surface area contributed by atoms with Crippen LogP contribution in [0.4, 0.5) is 4.39 Å². The van der Waals surface area contributed by atoms with Crippen molar-refractivity contribution >= 4 is 15.9 Å². The predicted octanol–water partition coefficient (Wildman–Crippen LogP) is 1.96. The van der Waals surface area contributed by atoms with Gasteiger partial charge < -0.3 is 10.1 Å². The van der Waals surface area contributed by atoms with Gasteiger partial charge in [0, 0.05) is 12.6 Å². The largest absolute Gasteiger partial charge is 0.481 e. The summed E-state index contributed by atoms with van der Waals surface area (Å²) < 4.78 is 45.3. The number of ether oxygens (including phenoxy) is 1. The Morgan fingerprint density at radius 1 is 1.12 bits per heavy atom. The molecule has 0 spiro atoms. The Morgan fingerprint density at radius 2 is 1.81 bits per heavy atom. The van der Waals surface area contributed by atoms with Gasteiger partial charge in [0.25, 0.3) is 5.91 Å². The van der Waals surface area contributed by atoms with E-state index in [2.05, 4.69) is 10.0 Å². The number of halogens is 1. The van der Waals surface area contributed by atoms with E-state index < -0.39 is 21.7 Å². The monoisotopic (exact) mass is 378 g/mol. The summed E-state index contributed by atoms with van der Waals surface area (Å²) >= 11 is 0. The second kappa shape index (κ2) is 7.84. The average Bonchev–Trinajstić information content (AvgIpc) is 3.43. The number of hydrogen-bond acceptors (Lipinski definition) is 4. The molecule has 8 heteroatoms. The third kappa shape index (κ3) is 5.03. The molecule has 0 bridgehead atoms. The molecule has 0 saturated heterocycles. The first-order valence-corrected chi connectivity index (χ1v) is 9.68. The highest BCUT2D eigenvalue weighted by Gasteiger charge is 2.27. The maximum absolute atomic E-state index is 13.4. The van der Waals surface area contributed by atoms with E-state index >= 15 is 0 Å². The number of sulfonamides is 1. The first-order chi connectivity index (χ1) is 12.4. The summed E-state index contributed by atoms with van der Waals surface area (Å²) in [5.74, 6) is -0.919. The quantitative estimate of drug-likeness (QED) is 0.736. The molecule has 26 heavy (non-hydrogen) atoms. The number of amides is 1. The molecule has 1 saturated carbocycles. The summed E-state index contributed by atoms with van der Waals surface area (Å²) in [5, 5.41) is 2.64. The molecule has 6 nitrogen and oxygen atoms in total. The second-order valence-electron chi connectivity index (χ2n) is 6.04. The lowest BCUT2D eigenvalue weighted by atomic mass is 10.2. The van der Waals surface area contributed by atoms with E-state index in [-0.39, 0.29) is 29.8 Å². The zero-order valence-electron chi connectivity index (χ0n) is 13.9. The van der Waals surface area contributed by atoms with Gasteiger partial charge in [0.2, 0.25) is 10.0 Å². The minimum absolute atomic E-state index is 0.0142. The summed E-state index contributed by atoms with van der Waals surface area (Å²) in [7, 11) is -3.48. The lowest BCUT2D eigenvalue weighted by Gasteiger charge is -2.09. The number of benzene rings is 2. The van der Waals surface area contributed by atoms with Gasteiger partial charge >= 0.3 is 0 Å². The van der Waals surface area contributed by atoms with Gasteiger partial charge in [0.15, 0.2) is 18.2 Å². The van der Waals surface area contributed by atoms with Gasteiger partial charge in [-0.3, -0.25) is 4.79 Å². The van der Waals surface area contributed by atoms with Crippen molar-refractivity contribution in [3.63, 3.8) is 0 Å². The number of nitrogens with one attached hydrogen (secondary N) is 2. The Labute approximate surface area is 151 Å². The summed E-state index contributed by atoms with van der Waals surface area (Å²) in [6, 6.07) is 12.2. The van der Waals surface area contributed by atoms with E-state index in [1.54, 1.807) is 18.2 Å². The Morgan fingerprint density at radius 3 is 2.46 bits per heavy atom. The fourth-order valence-corrected chi connectivity index (χ4v) is 3.54. The van der Waals surface area contributed by atoms with Crippen LogP contribution in [0.1, 0.15) is 18.4 Å². The van der Waals surface area contributed by atoms with Crippen molar-refractivity contribution in [3.8, 4) is 5.75 Å². The molecule has 0 aromatic heterocycles. The van der Waals surface area contributed by atoms with Crippen LogP contribution < -0.4 is 14.8 Å². The highest BCUT2D eigenvalue weighted by molar-refractivity contribution is 7.89. The average molecular weight is 378 g/mol. The van der Waals surface area contributed by atoms with Crippen molar-refractivity contribution in [2.45, 2.75) is 30.3 Å². The number of carbonyl (C=O) groups is 1. The molecule has 1 fully saturated rings. The van der Waals surface area contributed by atoms with Crippen LogP contribution in [-0.4, -0.2) is 27.0 Å². The topological polar surface area (TPSA) is 84.5 Å². The lowest BCUT2D eigenvalue weighted by molar-refractivity contribution is -0.123. The number of rotatable bonds is 8. The third-order valence-corrected chi connectivity index (χ3v) is 5.35. The van der Waals surface area contributed by atoms with Crippen molar-refractivity contribution in [2.24, 2.45) is 0 Å². The predicted molar refractivity (Wildman–Crippen MR) is 93.5 cm³/mol. The summed E-state index contributed by atoms with van der Waals surface area (Å²) in [4.78, 5) is 12.0.